The molecule has 1 atom stereocenters. The van der Waals surface area contributed by atoms with E-state index in [4.69, 9.17) is 19.2 Å². The Kier molecular flexibility index (Phi) is 5.02. The van der Waals surface area contributed by atoms with Gasteiger partial charge in [0.25, 0.3) is 5.91 Å². The number of fused-ring (bicyclic) bond motifs is 4. The SMILES string of the molecule is COCCN1CCn2c(nc3cc(NC(=O)C4COc5ccccc5O4)ccc32)C1. The first kappa shape index (κ1) is 18.9. The Bertz CT molecular complexity index is 1080. The van der Waals surface area contributed by atoms with Crippen molar-refractivity contribution in [2.24, 2.45) is 0 Å². The lowest BCUT2D eigenvalue weighted by Crippen LogP contribution is -2.40. The van der Waals surface area contributed by atoms with Crippen LogP contribution in [0.4, 0.5) is 5.69 Å². The van der Waals surface area contributed by atoms with Gasteiger partial charge in [-0.1, -0.05) is 12.1 Å². The predicted octanol–water partition coefficient (Wildman–Crippen LogP) is 2.28. The van der Waals surface area contributed by atoms with Gasteiger partial charge >= 0.3 is 0 Å². The van der Waals surface area contributed by atoms with E-state index >= 15 is 0 Å². The Morgan fingerprint density at radius 1 is 1.23 bits per heavy atom. The van der Waals surface area contributed by atoms with Crippen LogP contribution in [0.1, 0.15) is 5.82 Å². The summed E-state index contributed by atoms with van der Waals surface area (Å²) in [7, 11) is 1.72. The monoisotopic (exact) mass is 408 g/mol. The number of nitrogens with one attached hydrogen (secondary N) is 1. The van der Waals surface area contributed by atoms with Gasteiger partial charge in [-0.2, -0.15) is 0 Å². The number of nitrogens with zero attached hydrogens (tertiary/aromatic N) is 3. The van der Waals surface area contributed by atoms with E-state index in [2.05, 4.69) is 14.8 Å². The number of para-hydroxylation sites is 2. The Hall–Kier alpha value is -3.10. The van der Waals surface area contributed by atoms with Crippen LogP contribution in [0.15, 0.2) is 42.5 Å². The molecule has 30 heavy (non-hydrogen) atoms. The zero-order valence-corrected chi connectivity index (χ0v) is 16.8. The van der Waals surface area contributed by atoms with Crippen LogP contribution in [0.3, 0.4) is 0 Å². The molecule has 0 radical (unpaired) electrons. The minimum Gasteiger partial charge on any atom is -0.485 e. The summed E-state index contributed by atoms with van der Waals surface area (Å²) in [5.41, 5.74) is 2.66. The van der Waals surface area contributed by atoms with Crippen LogP contribution in [0.2, 0.25) is 0 Å². The van der Waals surface area contributed by atoms with Crippen molar-refractivity contribution >= 4 is 22.6 Å². The Morgan fingerprint density at radius 2 is 2.10 bits per heavy atom. The van der Waals surface area contributed by atoms with E-state index in [-0.39, 0.29) is 12.5 Å². The quantitative estimate of drug-likeness (QED) is 0.698. The minimum atomic E-state index is -0.694. The predicted molar refractivity (Wildman–Crippen MR) is 112 cm³/mol. The summed E-state index contributed by atoms with van der Waals surface area (Å²) in [6, 6.07) is 13.2. The fourth-order valence-corrected chi connectivity index (χ4v) is 3.93. The molecule has 2 aliphatic heterocycles. The first-order valence-corrected chi connectivity index (χ1v) is 10.1. The highest BCUT2D eigenvalue weighted by Gasteiger charge is 2.27. The number of methoxy groups -OCH3 is 1. The Balaban J connectivity index is 1.30. The standard InChI is InChI=1S/C22H24N4O4/c1-28-11-10-25-8-9-26-17-7-6-15(12-16(17)24-21(26)13-25)23-22(27)20-14-29-18-4-2-3-5-19(18)30-20/h2-7,12,20H,8-11,13-14H2,1H3,(H,23,27). The summed E-state index contributed by atoms with van der Waals surface area (Å²) in [6.07, 6.45) is -0.694. The summed E-state index contributed by atoms with van der Waals surface area (Å²) in [5, 5.41) is 2.93. The molecule has 1 N–H and O–H groups in total. The summed E-state index contributed by atoms with van der Waals surface area (Å²) in [4.78, 5) is 19.8. The number of amides is 1. The molecule has 0 fully saturated rings. The minimum absolute atomic E-state index is 0.182. The molecule has 8 heteroatoms. The van der Waals surface area contributed by atoms with Crippen molar-refractivity contribution in [3.8, 4) is 11.5 Å². The molecular weight excluding hydrogens is 384 g/mol. The van der Waals surface area contributed by atoms with Crippen LogP contribution in [-0.2, 0) is 22.6 Å². The molecule has 1 unspecified atom stereocenters. The summed E-state index contributed by atoms with van der Waals surface area (Å²) in [6.45, 7) is 4.46. The Labute approximate surface area is 174 Å². The van der Waals surface area contributed by atoms with Crippen molar-refractivity contribution < 1.29 is 19.0 Å². The number of aromatic nitrogens is 2. The van der Waals surface area contributed by atoms with Crippen LogP contribution in [0.25, 0.3) is 11.0 Å². The van der Waals surface area contributed by atoms with E-state index in [9.17, 15) is 4.79 Å². The maximum atomic E-state index is 12.7. The van der Waals surface area contributed by atoms with Crippen molar-refractivity contribution in [1.29, 1.82) is 0 Å². The molecule has 0 spiro atoms. The van der Waals surface area contributed by atoms with E-state index in [0.717, 1.165) is 43.0 Å². The third-order valence-corrected chi connectivity index (χ3v) is 5.51. The van der Waals surface area contributed by atoms with E-state index < -0.39 is 6.10 Å². The van der Waals surface area contributed by atoms with Gasteiger partial charge in [0, 0.05) is 32.4 Å². The molecule has 8 nitrogen and oxygen atoms in total. The van der Waals surface area contributed by atoms with Gasteiger partial charge in [-0.15, -0.1) is 0 Å². The zero-order valence-electron chi connectivity index (χ0n) is 16.8. The van der Waals surface area contributed by atoms with E-state index in [1.54, 1.807) is 13.2 Å². The lowest BCUT2D eigenvalue weighted by atomic mass is 10.2. The number of rotatable bonds is 5. The number of anilines is 1. The number of hydrogen-bond donors (Lipinski definition) is 1. The topological polar surface area (TPSA) is 77.9 Å². The third kappa shape index (κ3) is 3.59. The number of carbonyl (C=O) groups excluding carboxylic acids is 1. The highest BCUT2D eigenvalue weighted by Crippen LogP contribution is 2.31. The lowest BCUT2D eigenvalue weighted by Gasteiger charge is -2.27. The second-order valence-corrected chi connectivity index (χ2v) is 7.51. The molecule has 0 aliphatic carbocycles. The van der Waals surface area contributed by atoms with Crippen molar-refractivity contribution in [3.05, 3.63) is 48.3 Å². The molecule has 3 heterocycles. The van der Waals surface area contributed by atoms with Crippen LogP contribution in [0.5, 0.6) is 11.5 Å². The maximum Gasteiger partial charge on any atom is 0.269 e. The number of benzene rings is 2. The molecule has 1 amide bonds. The highest BCUT2D eigenvalue weighted by molar-refractivity contribution is 5.96. The molecule has 1 aromatic heterocycles. The van der Waals surface area contributed by atoms with Crippen LogP contribution in [0, 0.1) is 0 Å². The first-order valence-electron chi connectivity index (χ1n) is 10.1. The fraction of sp³-hybridized carbons (Fsp3) is 0.364. The first-order chi connectivity index (χ1) is 14.7. The largest absolute Gasteiger partial charge is 0.485 e. The average molecular weight is 408 g/mol. The molecule has 2 aliphatic rings. The van der Waals surface area contributed by atoms with Gasteiger partial charge in [0.05, 0.1) is 24.2 Å². The normalized spacial score (nSPS) is 18.2. The summed E-state index contributed by atoms with van der Waals surface area (Å²) >= 11 is 0. The average Bonchev–Trinajstić information content (AvgIpc) is 3.14. The molecule has 3 aromatic rings. The second kappa shape index (κ2) is 7.97. The van der Waals surface area contributed by atoms with Gasteiger partial charge in [-0.25, -0.2) is 4.98 Å². The molecule has 0 saturated carbocycles. The number of ether oxygens (including phenoxy) is 3. The van der Waals surface area contributed by atoms with Crippen molar-refractivity contribution in [2.45, 2.75) is 19.2 Å². The fourth-order valence-electron chi connectivity index (χ4n) is 3.93. The van der Waals surface area contributed by atoms with Crippen molar-refractivity contribution in [2.75, 3.05) is 38.7 Å². The van der Waals surface area contributed by atoms with Crippen LogP contribution < -0.4 is 14.8 Å². The highest BCUT2D eigenvalue weighted by atomic mass is 16.6. The van der Waals surface area contributed by atoms with Crippen LogP contribution in [-0.4, -0.2) is 59.9 Å². The zero-order chi connectivity index (χ0) is 20.5. The van der Waals surface area contributed by atoms with E-state index in [1.165, 1.54) is 0 Å². The van der Waals surface area contributed by atoms with Crippen molar-refractivity contribution in [1.82, 2.24) is 14.5 Å². The maximum absolute atomic E-state index is 12.7. The van der Waals surface area contributed by atoms with Gasteiger partial charge in [0.2, 0.25) is 6.10 Å². The molecule has 0 bridgehead atoms. The van der Waals surface area contributed by atoms with Gasteiger partial charge in [0.15, 0.2) is 11.5 Å². The Morgan fingerprint density at radius 3 is 2.97 bits per heavy atom. The van der Waals surface area contributed by atoms with Gasteiger partial charge < -0.3 is 24.1 Å². The molecule has 2 aromatic carbocycles. The molecule has 5 rings (SSSR count). The molecule has 156 valence electrons. The van der Waals surface area contributed by atoms with Gasteiger partial charge in [-0.05, 0) is 30.3 Å². The second-order valence-electron chi connectivity index (χ2n) is 7.51. The van der Waals surface area contributed by atoms with E-state index in [1.807, 2.05) is 36.4 Å². The van der Waals surface area contributed by atoms with Crippen LogP contribution >= 0.6 is 0 Å². The molecular formula is C22H24N4O4. The van der Waals surface area contributed by atoms with Gasteiger partial charge in [-0.3, -0.25) is 9.69 Å². The number of imidazole rings is 1. The smallest absolute Gasteiger partial charge is 0.269 e. The summed E-state index contributed by atoms with van der Waals surface area (Å²) in [5.74, 6) is 2.04. The number of carbonyl (C=O) groups is 1. The number of hydrogen-bond acceptors (Lipinski definition) is 6. The summed E-state index contributed by atoms with van der Waals surface area (Å²) < 4.78 is 18.9. The van der Waals surface area contributed by atoms with Gasteiger partial charge in [0.1, 0.15) is 12.4 Å². The van der Waals surface area contributed by atoms with E-state index in [0.29, 0.717) is 23.8 Å². The van der Waals surface area contributed by atoms with Crippen molar-refractivity contribution in [3.63, 3.8) is 0 Å². The third-order valence-electron chi connectivity index (χ3n) is 5.51. The lowest BCUT2D eigenvalue weighted by molar-refractivity contribution is -0.125. The molecule has 0 saturated heterocycles.